The zero-order valence-electron chi connectivity index (χ0n) is 17.5. The number of rotatable bonds is 4. The van der Waals surface area contributed by atoms with Gasteiger partial charge in [0.05, 0.1) is 16.6 Å². The van der Waals surface area contributed by atoms with Crippen molar-refractivity contribution in [1.82, 2.24) is 23.7 Å². The fourth-order valence-corrected chi connectivity index (χ4v) is 4.03. The van der Waals surface area contributed by atoms with E-state index in [1.165, 1.54) is 4.57 Å². The smallest absolute Gasteiger partial charge is 0.326 e. The van der Waals surface area contributed by atoms with Crippen LogP contribution < -0.4 is 16.6 Å². The van der Waals surface area contributed by atoms with Gasteiger partial charge in [-0.15, -0.1) is 0 Å². The first-order valence-corrected chi connectivity index (χ1v) is 10.3. The summed E-state index contributed by atoms with van der Waals surface area (Å²) in [6, 6.07) is 8.33. The van der Waals surface area contributed by atoms with Gasteiger partial charge in [-0.3, -0.25) is 18.6 Å². The SMILES string of the molecule is CC(C)c1nn(CC(=O)Nc2ccc3c(c2)[nH]c(=O)n3C)c(=O)c2cc3oc(Cl)cc3n12. The molecule has 0 aliphatic carbocycles. The predicted molar refractivity (Wildman–Crippen MR) is 120 cm³/mol. The Morgan fingerprint density at radius 2 is 1.97 bits per heavy atom. The van der Waals surface area contributed by atoms with Crippen LogP contribution >= 0.6 is 11.6 Å². The van der Waals surface area contributed by atoms with Gasteiger partial charge in [0.1, 0.15) is 17.9 Å². The number of aryl methyl sites for hydroxylation is 1. The second kappa shape index (κ2) is 7.13. The number of H-pyrrole nitrogens is 1. The fraction of sp³-hybridized carbons (Fsp3) is 0.238. The predicted octanol–water partition coefficient (Wildman–Crippen LogP) is 2.84. The molecule has 4 heterocycles. The number of anilines is 1. The molecule has 5 rings (SSSR count). The van der Waals surface area contributed by atoms with Crippen molar-refractivity contribution in [3.63, 3.8) is 0 Å². The highest BCUT2D eigenvalue weighted by Gasteiger charge is 2.20. The third-order valence-corrected chi connectivity index (χ3v) is 5.55. The average molecular weight is 455 g/mol. The van der Waals surface area contributed by atoms with Crippen molar-refractivity contribution in [3.05, 3.63) is 62.2 Å². The summed E-state index contributed by atoms with van der Waals surface area (Å²) in [5.74, 6) is 0.145. The highest BCUT2D eigenvalue weighted by Crippen LogP contribution is 2.27. The van der Waals surface area contributed by atoms with Gasteiger partial charge in [-0.2, -0.15) is 5.10 Å². The largest absolute Gasteiger partial charge is 0.443 e. The number of carbonyl (C=O) groups is 1. The standard InChI is InChI=1S/C21H19ClN6O4/c1-10(2)19-25-27(20(30)15-7-16-14(28(15)19)8-17(22)32-16)9-18(29)23-11-4-5-13-12(6-11)24-21(31)26(13)3/h4-8,10H,9H2,1-3H3,(H,23,29)(H,24,31). The summed E-state index contributed by atoms with van der Waals surface area (Å²) in [7, 11) is 1.66. The number of carbonyl (C=O) groups excluding carboxylic acids is 1. The van der Waals surface area contributed by atoms with E-state index >= 15 is 0 Å². The Kier molecular flexibility index (Phi) is 4.48. The molecule has 1 amide bonds. The molecular formula is C21H19ClN6O4. The molecule has 5 aromatic rings. The minimum atomic E-state index is -0.422. The number of aromatic nitrogens is 5. The van der Waals surface area contributed by atoms with Crippen LogP contribution in [0.2, 0.25) is 5.22 Å². The maximum absolute atomic E-state index is 13.0. The Bertz CT molecular complexity index is 1650. The van der Waals surface area contributed by atoms with Gasteiger partial charge in [0.2, 0.25) is 5.91 Å². The number of hydrogen-bond acceptors (Lipinski definition) is 5. The third kappa shape index (κ3) is 3.11. The number of amides is 1. The number of imidazole rings is 1. The molecule has 0 spiro atoms. The van der Waals surface area contributed by atoms with Crippen molar-refractivity contribution in [1.29, 1.82) is 0 Å². The molecule has 0 unspecified atom stereocenters. The molecule has 0 radical (unpaired) electrons. The van der Waals surface area contributed by atoms with Crippen LogP contribution in [0.4, 0.5) is 5.69 Å². The molecule has 4 aromatic heterocycles. The molecular weight excluding hydrogens is 436 g/mol. The van der Waals surface area contributed by atoms with Crippen LogP contribution in [0, 0.1) is 0 Å². The number of fused-ring (bicyclic) bond motifs is 4. The monoisotopic (exact) mass is 454 g/mol. The van der Waals surface area contributed by atoms with Crippen molar-refractivity contribution >= 4 is 50.8 Å². The third-order valence-electron chi connectivity index (χ3n) is 5.36. The lowest BCUT2D eigenvalue weighted by atomic mass is 10.2. The van der Waals surface area contributed by atoms with E-state index in [-0.39, 0.29) is 23.4 Å². The summed E-state index contributed by atoms with van der Waals surface area (Å²) < 4.78 is 9.79. The highest BCUT2D eigenvalue weighted by molar-refractivity contribution is 6.29. The lowest BCUT2D eigenvalue weighted by Gasteiger charge is -2.13. The zero-order valence-corrected chi connectivity index (χ0v) is 18.2. The molecule has 10 nitrogen and oxygen atoms in total. The van der Waals surface area contributed by atoms with E-state index in [1.807, 2.05) is 13.8 Å². The maximum Gasteiger partial charge on any atom is 0.326 e. The van der Waals surface area contributed by atoms with Crippen molar-refractivity contribution in [2.75, 3.05) is 5.32 Å². The molecule has 0 fully saturated rings. The van der Waals surface area contributed by atoms with Crippen molar-refractivity contribution < 1.29 is 9.21 Å². The first kappa shape index (κ1) is 20.1. The summed E-state index contributed by atoms with van der Waals surface area (Å²) in [5.41, 5.74) is 2.63. The van der Waals surface area contributed by atoms with Gasteiger partial charge >= 0.3 is 5.69 Å². The minimum absolute atomic E-state index is 0.0333. The molecule has 0 aliphatic rings. The van der Waals surface area contributed by atoms with E-state index in [4.69, 9.17) is 16.0 Å². The average Bonchev–Trinajstić information content (AvgIpc) is 3.34. The number of benzene rings is 1. The van der Waals surface area contributed by atoms with Gasteiger partial charge in [-0.05, 0) is 29.8 Å². The number of halogens is 1. The van der Waals surface area contributed by atoms with Crippen LogP contribution in [0.5, 0.6) is 0 Å². The molecule has 0 aliphatic heterocycles. The lowest BCUT2D eigenvalue weighted by Crippen LogP contribution is -2.32. The van der Waals surface area contributed by atoms with Gasteiger partial charge in [-0.25, -0.2) is 9.48 Å². The van der Waals surface area contributed by atoms with E-state index < -0.39 is 11.5 Å². The second-order valence-corrected chi connectivity index (χ2v) is 8.28. The van der Waals surface area contributed by atoms with Crippen LogP contribution in [0.3, 0.4) is 0 Å². The van der Waals surface area contributed by atoms with Gasteiger partial charge in [0.15, 0.2) is 10.8 Å². The molecule has 0 atom stereocenters. The van der Waals surface area contributed by atoms with E-state index in [0.29, 0.717) is 33.6 Å². The molecule has 32 heavy (non-hydrogen) atoms. The Morgan fingerprint density at radius 3 is 2.72 bits per heavy atom. The Hall–Kier alpha value is -3.79. The molecule has 0 saturated heterocycles. The Labute approximate surface area is 185 Å². The molecule has 0 bridgehead atoms. The number of aromatic amines is 1. The highest BCUT2D eigenvalue weighted by atomic mass is 35.5. The summed E-state index contributed by atoms with van der Waals surface area (Å²) in [6.45, 7) is 3.62. The fourth-order valence-electron chi connectivity index (χ4n) is 3.84. The summed E-state index contributed by atoms with van der Waals surface area (Å²) in [4.78, 5) is 40.2. The van der Waals surface area contributed by atoms with Crippen LogP contribution in [0.25, 0.3) is 27.6 Å². The van der Waals surface area contributed by atoms with Crippen molar-refractivity contribution in [2.45, 2.75) is 26.3 Å². The first-order chi connectivity index (χ1) is 15.2. The first-order valence-electron chi connectivity index (χ1n) is 9.93. The molecule has 1 aromatic carbocycles. The van der Waals surface area contributed by atoms with E-state index in [0.717, 1.165) is 10.2 Å². The number of nitrogens with one attached hydrogen (secondary N) is 2. The molecule has 0 saturated carbocycles. The Balaban J connectivity index is 1.50. The summed E-state index contributed by atoms with van der Waals surface area (Å²) in [5, 5.41) is 7.42. The topological polar surface area (TPSA) is 119 Å². The van der Waals surface area contributed by atoms with Gasteiger partial charge in [0.25, 0.3) is 5.56 Å². The normalized spacial score (nSPS) is 11.9. The number of furan rings is 1. The summed E-state index contributed by atoms with van der Waals surface area (Å²) >= 11 is 5.96. The number of nitrogens with zero attached hydrogens (tertiary/aromatic N) is 4. The van der Waals surface area contributed by atoms with Crippen LogP contribution in [0.15, 0.2) is 44.3 Å². The van der Waals surface area contributed by atoms with E-state index in [1.54, 1.807) is 41.8 Å². The zero-order chi connectivity index (χ0) is 22.7. The van der Waals surface area contributed by atoms with Crippen LogP contribution in [-0.2, 0) is 18.4 Å². The van der Waals surface area contributed by atoms with Crippen LogP contribution in [-0.4, -0.2) is 29.6 Å². The summed E-state index contributed by atoms with van der Waals surface area (Å²) in [6.07, 6.45) is 0. The van der Waals surface area contributed by atoms with Gasteiger partial charge < -0.3 is 14.7 Å². The minimum Gasteiger partial charge on any atom is -0.443 e. The maximum atomic E-state index is 13.0. The number of hydrogen-bond donors (Lipinski definition) is 2. The molecule has 2 N–H and O–H groups in total. The van der Waals surface area contributed by atoms with E-state index in [9.17, 15) is 14.4 Å². The Morgan fingerprint density at radius 1 is 1.19 bits per heavy atom. The van der Waals surface area contributed by atoms with E-state index in [2.05, 4.69) is 15.4 Å². The molecule has 11 heteroatoms. The van der Waals surface area contributed by atoms with Crippen LogP contribution in [0.1, 0.15) is 25.6 Å². The van der Waals surface area contributed by atoms with Crippen molar-refractivity contribution in [2.24, 2.45) is 7.05 Å². The lowest BCUT2D eigenvalue weighted by molar-refractivity contribution is -0.117. The molecule has 164 valence electrons. The quantitative estimate of drug-likeness (QED) is 0.432. The second-order valence-electron chi connectivity index (χ2n) is 7.91. The van der Waals surface area contributed by atoms with Gasteiger partial charge in [-0.1, -0.05) is 13.8 Å². The van der Waals surface area contributed by atoms with Crippen molar-refractivity contribution in [3.8, 4) is 0 Å². The van der Waals surface area contributed by atoms with Gasteiger partial charge in [0, 0.05) is 30.8 Å².